The maximum atomic E-state index is 13.5. The molecule has 0 atom stereocenters. The molecule has 1 N–H and O–H groups in total. The van der Waals surface area contributed by atoms with Gasteiger partial charge in [0.05, 0.1) is 5.56 Å². The number of carboxylic acid groups (broad SMARTS) is 1. The molecule has 0 aliphatic carbocycles. The second-order valence-electron chi connectivity index (χ2n) is 4.41. The van der Waals surface area contributed by atoms with E-state index in [1.807, 2.05) is 0 Å². The van der Waals surface area contributed by atoms with E-state index < -0.39 is 17.3 Å². The summed E-state index contributed by atoms with van der Waals surface area (Å²) in [6.07, 6.45) is 1.96. The maximum absolute atomic E-state index is 13.5. The Morgan fingerprint density at radius 1 is 1.48 bits per heavy atom. The molecule has 0 saturated heterocycles. The molecule has 0 aliphatic heterocycles. The average molecular weight is 294 g/mol. The monoisotopic (exact) mass is 294 g/mol. The molecular weight excluding hydrogens is 279 g/mol. The molecule has 0 radical (unpaired) electrons. The summed E-state index contributed by atoms with van der Waals surface area (Å²) in [5.74, 6) is -1.40. The summed E-state index contributed by atoms with van der Waals surface area (Å²) in [7, 11) is 0. The molecule has 1 aromatic heterocycles. The largest absolute Gasteiger partial charge is 0.485 e. The van der Waals surface area contributed by atoms with Gasteiger partial charge < -0.3 is 9.84 Å². The fourth-order valence-corrected chi connectivity index (χ4v) is 1.72. The van der Waals surface area contributed by atoms with Crippen molar-refractivity contribution in [2.24, 2.45) is 0 Å². The molecule has 7 nitrogen and oxygen atoms in total. The summed E-state index contributed by atoms with van der Waals surface area (Å²) in [5.41, 5.74) is -0.393. The second kappa shape index (κ2) is 6.78. The molecule has 112 valence electrons. The third-order valence-electron chi connectivity index (χ3n) is 2.87. The minimum atomic E-state index is -1.32. The van der Waals surface area contributed by atoms with Crippen LogP contribution in [0.5, 0.6) is 5.75 Å². The number of unbranched alkanes of at least 4 members (excludes halogenated alkanes) is 1. The molecule has 0 unspecified atom stereocenters. The minimum Gasteiger partial charge on any atom is -0.485 e. The Hall–Kier alpha value is -2.51. The Kier molecular flexibility index (Phi) is 4.81. The van der Waals surface area contributed by atoms with Gasteiger partial charge in [-0.1, -0.05) is 13.3 Å². The first-order valence-corrected chi connectivity index (χ1v) is 6.52. The first-order valence-electron chi connectivity index (χ1n) is 6.52. The van der Waals surface area contributed by atoms with Crippen LogP contribution in [0, 0.1) is 5.82 Å². The van der Waals surface area contributed by atoms with E-state index in [2.05, 4.69) is 22.4 Å². The van der Waals surface area contributed by atoms with Crippen molar-refractivity contribution in [3.05, 3.63) is 35.4 Å². The predicted octanol–water partition coefficient (Wildman–Crippen LogP) is 1.89. The predicted molar refractivity (Wildman–Crippen MR) is 70.4 cm³/mol. The van der Waals surface area contributed by atoms with Crippen molar-refractivity contribution < 1.29 is 19.0 Å². The maximum Gasteiger partial charge on any atom is 0.338 e. The fourth-order valence-electron chi connectivity index (χ4n) is 1.72. The van der Waals surface area contributed by atoms with Crippen LogP contribution in [0.25, 0.3) is 0 Å². The Morgan fingerprint density at radius 3 is 2.95 bits per heavy atom. The molecule has 0 fully saturated rings. The standard InChI is InChI=1S/C13H15FN4O3/c1-2-3-6-18-12(15-16-17-18)8-21-9-4-5-10(13(19)20)11(14)7-9/h4-5,7H,2-3,6,8H2,1H3,(H,19,20). The number of aryl methyl sites for hydroxylation is 1. The van der Waals surface area contributed by atoms with Gasteiger partial charge in [0.25, 0.3) is 0 Å². The van der Waals surface area contributed by atoms with Crippen molar-refractivity contribution in [1.29, 1.82) is 0 Å². The highest BCUT2D eigenvalue weighted by molar-refractivity contribution is 5.88. The van der Waals surface area contributed by atoms with Gasteiger partial charge in [0, 0.05) is 12.6 Å². The van der Waals surface area contributed by atoms with Crippen molar-refractivity contribution in [1.82, 2.24) is 20.2 Å². The van der Waals surface area contributed by atoms with E-state index in [0.29, 0.717) is 12.4 Å². The number of aromatic nitrogens is 4. The lowest BCUT2D eigenvalue weighted by molar-refractivity contribution is 0.0692. The molecule has 0 saturated carbocycles. The number of rotatable bonds is 7. The molecule has 8 heteroatoms. The quantitative estimate of drug-likeness (QED) is 0.838. The van der Waals surface area contributed by atoms with E-state index in [1.165, 1.54) is 6.07 Å². The van der Waals surface area contributed by atoms with Gasteiger partial charge in [-0.05, 0) is 29.0 Å². The van der Waals surface area contributed by atoms with Gasteiger partial charge in [0.1, 0.15) is 18.2 Å². The van der Waals surface area contributed by atoms with Crippen molar-refractivity contribution in [2.75, 3.05) is 0 Å². The average Bonchev–Trinajstić information content (AvgIpc) is 2.90. The Bertz CT molecular complexity index is 630. The van der Waals surface area contributed by atoms with Crippen LogP contribution in [0.3, 0.4) is 0 Å². The number of aromatic carboxylic acids is 1. The minimum absolute atomic E-state index is 0.0859. The van der Waals surface area contributed by atoms with Crippen molar-refractivity contribution in [2.45, 2.75) is 32.9 Å². The molecule has 1 heterocycles. The van der Waals surface area contributed by atoms with Gasteiger partial charge >= 0.3 is 5.97 Å². The molecule has 0 aliphatic rings. The SMILES string of the molecule is CCCCn1nnnc1COc1ccc(C(=O)O)c(F)c1. The highest BCUT2D eigenvalue weighted by atomic mass is 19.1. The van der Waals surface area contributed by atoms with Crippen molar-refractivity contribution >= 4 is 5.97 Å². The molecule has 2 rings (SSSR count). The molecule has 2 aromatic rings. The lowest BCUT2D eigenvalue weighted by Crippen LogP contribution is -2.09. The topological polar surface area (TPSA) is 90.1 Å². The molecular formula is C13H15FN4O3. The molecule has 1 aromatic carbocycles. The van der Waals surface area contributed by atoms with Crippen molar-refractivity contribution in [3.63, 3.8) is 0 Å². The van der Waals surface area contributed by atoms with Crippen LogP contribution >= 0.6 is 0 Å². The Morgan fingerprint density at radius 2 is 2.29 bits per heavy atom. The lowest BCUT2D eigenvalue weighted by atomic mass is 10.2. The van der Waals surface area contributed by atoms with Crippen LogP contribution in [-0.4, -0.2) is 31.3 Å². The Balaban J connectivity index is 2.02. The van der Waals surface area contributed by atoms with Gasteiger partial charge in [-0.2, -0.15) is 0 Å². The van der Waals surface area contributed by atoms with Gasteiger partial charge in [-0.25, -0.2) is 13.9 Å². The zero-order valence-corrected chi connectivity index (χ0v) is 11.5. The number of carbonyl (C=O) groups is 1. The zero-order chi connectivity index (χ0) is 15.2. The molecule has 0 amide bonds. The number of tetrazole rings is 1. The Labute approximate surface area is 120 Å². The number of ether oxygens (including phenoxy) is 1. The van der Waals surface area contributed by atoms with Gasteiger partial charge in [0.2, 0.25) is 0 Å². The zero-order valence-electron chi connectivity index (χ0n) is 11.5. The summed E-state index contributed by atoms with van der Waals surface area (Å²) in [6.45, 7) is 2.84. The lowest BCUT2D eigenvalue weighted by Gasteiger charge is -2.07. The number of nitrogens with zero attached hydrogens (tertiary/aromatic N) is 4. The first kappa shape index (κ1) is 14.9. The van der Waals surface area contributed by atoms with E-state index >= 15 is 0 Å². The summed E-state index contributed by atoms with van der Waals surface area (Å²) in [6, 6.07) is 3.59. The third kappa shape index (κ3) is 3.74. The van der Waals surface area contributed by atoms with Gasteiger partial charge in [0.15, 0.2) is 5.82 Å². The summed E-state index contributed by atoms with van der Waals surface area (Å²) >= 11 is 0. The van der Waals surface area contributed by atoms with Crippen LogP contribution in [-0.2, 0) is 13.2 Å². The normalized spacial score (nSPS) is 10.6. The molecule has 0 spiro atoms. The molecule has 21 heavy (non-hydrogen) atoms. The number of carboxylic acids is 1. The van der Waals surface area contributed by atoms with Crippen LogP contribution < -0.4 is 4.74 Å². The summed E-state index contributed by atoms with van der Waals surface area (Å²) < 4.78 is 20.5. The van der Waals surface area contributed by atoms with E-state index in [4.69, 9.17) is 9.84 Å². The number of halogens is 1. The first-order chi connectivity index (χ1) is 10.1. The van der Waals surface area contributed by atoms with Crippen LogP contribution in [0.15, 0.2) is 18.2 Å². The van der Waals surface area contributed by atoms with E-state index in [9.17, 15) is 9.18 Å². The van der Waals surface area contributed by atoms with Crippen LogP contribution in [0.4, 0.5) is 4.39 Å². The van der Waals surface area contributed by atoms with Crippen LogP contribution in [0.1, 0.15) is 35.9 Å². The van der Waals surface area contributed by atoms with E-state index in [-0.39, 0.29) is 12.4 Å². The number of hydrogen-bond acceptors (Lipinski definition) is 5. The highest BCUT2D eigenvalue weighted by Gasteiger charge is 2.12. The summed E-state index contributed by atoms with van der Waals surface area (Å²) in [4.78, 5) is 10.7. The van der Waals surface area contributed by atoms with Gasteiger partial charge in [-0.15, -0.1) is 5.10 Å². The van der Waals surface area contributed by atoms with E-state index in [0.717, 1.165) is 25.0 Å². The third-order valence-corrected chi connectivity index (χ3v) is 2.87. The highest BCUT2D eigenvalue weighted by Crippen LogP contribution is 2.17. The van der Waals surface area contributed by atoms with Crippen molar-refractivity contribution in [3.8, 4) is 5.75 Å². The van der Waals surface area contributed by atoms with E-state index in [1.54, 1.807) is 4.68 Å². The summed E-state index contributed by atoms with van der Waals surface area (Å²) in [5, 5.41) is 20.0. The smallest absolute Gasteiger partial charge is 0.338 e. The molecule has 0 bridgehead atoms. The number of hydrogen-bond donors (Lipinski definition) is 1. The van der Waals surface area contributed by atoms with Gasteiger partial charge in [-0.3, -0.25) is 0 Å². The van der Waals surface area contributed by atoms with Crippen LogP contribution in [0.2, 0.25) is 0 Å². The second-order valence-corrected chi connectivity index (χ2v) is 4.41. The number of benzene rings is 1. The fraction of sp³-hybridized carbons (Fsp3) is 0.385.